The number of hydrogen-bond acceptors (Lipinski definition) is 4. The highest BCUT2D eigenvalue weighted by Crippen LogP contribution is 2.19. The van der Waals surface area contributed by atoms with Crippen LogP contribution in [0.3, 0.4) is 0 Å². The molecule has 0 saturated heterocycles. The normalized spacial score (nSPS) is 9.63. The van der Waals surface area contributed by atoms with Gasteiger partial charge in [0.05, 0.1) is 0 Å². The quantitative estimate of drug-likeness (QED) is 0.477. The molecule has 0 unspecified atom stereocenters. The maximum atomic E-state index is 5.77. The van der Waals surface area contributed by atoms with Crippen molar-refractivity contribution >= 4 is 5.65 Å². The molecule has 0 aliphatic carbocycles. The fourth-order valence-electron chi connectivity index (χ4n) is 2.37. The van der Waals surface area contributed by atoms with E-state index in [1.54, 1.807) is 10.6 Å². The van der Waals surface area contributed by atoms with Crippen LogP contribution >= 0.6 is 0 Å². The van der Waals surface area contributed by atoms with Gasteiger partial charge in [-0.2, -0.15) is 4.52 Å². The van der Waals surface area contributed by atoms with Crippen molar-refractivity contribution < 1.29 is 4.74 Å². The number of rotatable bonds is 4. The Morgan fingerprint density at radius 1 is 0.741 bits per heavy atom. The molecule has 0 aliphatic rings. The SMILES string of the molecule is CC.CC.c1ccc(Cc2nnc3ccc(Oc4ccccc4)nn23)cc1. The van der Waals surface area contributed by atoms with E-state index in [9.17, 15) is 0 Å². The van der Waals surface area contributed by atoms with E-state index in [2.05, 4.69) is 27.4 Å². The molecule has 4 rings (SSSR count). The zero-order chi connectivity index (χ0) is 19.5. The fraction of sp³-hybridized carbons (Fsp3) is 0.227. The lowest BCUT2D eigenvalue weighted by Gasteiger charge is -2.05. The maximum absolute atomic E-state index is 5.77. The Kier molecular flexibility index (Phi) is 7.97. The average molecular weight is 362 g/mol. The highest BCUT2D eigenvalue weighted by Gasteiger charge is 2.09. The average Bonchev–Trinajstić information content (AvgIpc) is 3.15. The molecule has 0 N–H and O–H groups in total. The third-order valence-electron chi connectivity index (χ3n) is 3.47. The van der Waals surface area contributed by atoms with Gasteiger partial charge in [0.15, 0.2) is 11.5 Å². The summed E-state index contributed by atoms with van der Waals surface area (Å²) in [7, 11) is 0. The molecule has 140 valence electrons. The predicted molar refractivity (Wildman–Crippen MR) is 109 cm³/mol. The molecule has 0 spiro atoms. The Morgan fingerprint density at radius 2 is 1.37 bits per heavy atom. The first-order valence-electron chi connectivity index (χ1n) is 9.37. The van der Waals surface area contributed by atoms with Crippen molar-refractivity contribution in [2.24, 2.45) is 0 Å². The van der Waals surface area contributed by atoms with Crippen molar-refractivity contribution in [2.45, 2.75) is 34.1 Å². The molecule has 0 aliphatic heterocycles. The topological polar surface area (TPSA) is 52.3 Å². The molecule has 2 heterocycles. The van der Waals surface area contributed by atoms with Crippen molar-refractivity contribution in [3.8, 4) is 11.6 Å². The first kappa shape index (κ1) is 20.1. The van der Waals surface area contributed by atoms with E-state index in [1.165, 1.54) is 0 Å². The molecule has 0 amide bonds. The van der Waals surface area contributed by atoms with Crippen molar-refractivity contribution in [1.29, 1.82) is 0 Å². The van der Waals surface area contributed by atoms with E-state index < -0.39 is 0 Å². The zero-order valence-corrected chi connectivity index (χ0v) is 16.3. The highest BCUT2D eigenvalue weighted by atomic mass is 16.5. The molecular weight excluding hydrogens is 336 g/mol. The number of hydrogen-bond donors (Lipinski definition) is 0. The molecule has 2 aromatic heterocycles. The Morgan fingerprint density at radius 3 is 2.04 bits per heavy atom. The molecule has 0 bridgehead atoms. The fourth-order valence-corrected chi connectivity index (χ4v) is 2.37. The van der Waals surface area contributed by atoms with Gasteiger partial charge in [0.1, 0.15) is 5.75 Å². The van der Waals surface area contributed by atoms with Gasteiger partial charge < -0.3 is 4.74 Å². The summed E-state index contributed by atoms with van der Waals surface area (Å²) >= 11 is 0. The molecule has 2 aromatic carbocycles. The Hall–Kier alpha value is -3.21. The molecule has 5 nitrogen and oxygen atoms in total. The largest absolute Gasteiger partial charge is 0.438 e. The molecule has 0 saturated carbocycles. The lowest BCUT2D eigenvalue weighted by atomic mass is 10.1. The van der Waals surface area contributed by atoms with Gasteiger partial charge in [0.2, 0.25) is 5.88 Å². The number of benzene rings is 2. The van der Waals surface area contributed by atoms with Gasteiger partial charge in [-0.3, -0.25) is 0 Å². The summed E-state index contributed by atoms with van der Waals surface area (Å²) in [5, 5.41) is 12.9. The second-order valence-corrected chi connectivity index (χ2v) is 5.14. The van der Waals surface area contributed by atoms with Crippen LogP contribution in [-0.4, -0.2) is 19.8 Å². The van der Waals surface area contributed by atoms with Gasteiger partial charge in [0, 0.05) is 12.5 Å². The van der Waals surface area contributed by atoms with E-state index in [4.69, 9.17) is 4.74 Å². The second kappa shape index (κ2) is 10.7. The van der Waals surface area contributed by atoms with Crippen LogP contribution in [0.1, 0.15) is 39.1 Å². The Labute approximate surface area is 160 Å². The monoisotopic (exact) mass is 362 g/mol. The number of para-hydroxylation sites is 1. The van der Waals surface area contributed by atoms with Crippen LogP contribution in [0.4, 0.5) is 0 Å². The van der Waals surface area contributed by atoms with Crippen molar-refractivity contribution in [3.05, 3.63) is 84.2 Å². The van der Waals surface area contributed by atoms with Crippen LogP contribution < -0.4 is 4.74 Å². The minimum Gasteiger partial charge on any atom is -0.438 e. The van der Waals surface area contributed by atoms with E-state index >= 15 is 0 Å². The van der Waals surface area contributed by atoms with E-state index in [1.807, 2.05) is 82.3 Å². The summed E-state index contributed by atoms with van der Waals surface area (Å²) in [6.45, 7) is 8.00. The Balaban J connectivity index is 0.000000614. The molecule has 0 radical (unpaired) electrons. The molecule has 0 fully saturated rings. The van der Waals surface area contributed by atoms with Crippen LogP contribution in [0.15, 0.2) is 72.8 Å². The molecule has 4 aromatic rings. The van der Waals surface area contributed by atoms with Gasteiger partial charge >= 0.3 is 0 Å². The van der Waals surface area contributed by atoms with Crippen molar-refractivity contribution in [3.63, 3.8) is 0 Å². The lowest BCUT2D eigenvalue weighted by molar-refractivity contribution is 0.451. The standard InChI is InChI=1S/C18H14N4O.2C2H6/c1-3-7-14(8-4-1)13-17-20-19-16-11-12-18(21-22(16)17)23-15-9-5-2-6-10-15;2*1-2/h1-12H,13H2;2*1-2H3. The highest BCUT2D eigenvalue weighted by molar-refractivity contribution is 5.39. The van der Waals surface area contributed by atoms with E-state index in [0.717, 1.165) is 17.1 Å². The third-order valence-corrected chi connectivity index (χ3v) is 3.47. The maximum Gasteiger partial charge on any atom is 0.237 e. The second-order valence-electron chi connectivity index (χ2n) is 5.14. The van der Waals surface area contributed by atoms with Gasteiger partial charge in [-0.1, -0.05) is 76.2 Å². The van der Waals surface area contributed by atoms with Gasteiger partial charge in [-0.15, -0.1) is 15.3 Å². The van der Waals surface area contributed by atoms with Crippen LogP contribution in [0.5, 0.6) is 11.6 Å². The number of aromatic nitrogens is 4. The van der Waals surface area contributed by atoms with E-state index in [0.29, 0.717) is 17.9 Å². The van der Waals surface area contributed by atoms with Crippen LogP contribution in [0, 0.1) is 0 Å². The van der Waals surface area contributed by atoms with Gasteiger partial charge in [-0.05, 0) is 23.8 Å². The van der Waals surface area contributed by atoms with Gasteiger partial charge in [0.25, 0.3) is 0 Å². The Bertz CT molecular complexity index is 921. The third kappa shape index (κ3) is 5.38. The number of ether oxygens (including phenoxy) is 1. The summed E-state index contributed by atoms with van der Waals surface area (Å²) in [5.74, 6) is 2.04. The zero-order valence-electron chi connectivity index (χ0n) is 16.3. The van der Waals surface area contributed by atoms with Crippen LogP contribution in [-0.2, 0) is 6.42 Å². The summed E-state index contributed by atoms with van der Waals surface area (Å²) in [5.41, 5.74) is 1.87. The molecule has 27 heavy (non-hydrogen) atoms. The smallest absolute Gasteiger partial charge is 0.237 e. The van der Waals surface area contributed by atoms with Crippen molar-refractivity contribution in [2.75, 3.05) is 0 Å². The summed E-state index contributed by atoms with van der Waals surface area (Å²) in [4.78, 5) is 0. The molecule has 0 atom stereocenters. The van der Waals surface area contributed by atoms with Crippen LogP contribution in [0.2, 0.25) is 0 Å². The lowest BCUT2D eigenvalue weighted by Crippen LogP contribution is -2.01. The van der Waals surface area contributed by atoms with Crippen molar-refractivity contribution in [1.82, 2.24) is 19.8 Å². The number of fused-ring (bicyclic) bond motifs is 1. The molecule has 5 heteroatoms. The minimum atomic E-state index is 0.512. The summed E-state index contributed by atoms with van der Waals surface area (Å²) in [6.07, 6.45) is 0.670. The summed E-state index contributed by atoms with van der Waals surface area (Å²) in [6, 6.07) is 23.4. The molecular formula is C22H26N4O. The van der Waals surface area contributed by atoms with Gasteiger partial charge in [-0.25, -0.2) is 0 Å². The summed E-state index contributed by atoms with van der Waals surface area (Å²) < 4.78 is 7.50. The number of nitrogens with zero attached hydrogens (tertiary/aromatic N) is 4. The first-order chi connectivity index (χ1) is 13.4. The first-order valence-corrected chi connectivity index (χ1v) is 9.37. The predicted octanol–water partition coefficient (Wildman–Crippen LogP) is 5.56. The van der Waals surface area contributed by atoms with E-state index in [-0.39, 0.29) is 0 Å². The minimum absolute atomic E-state index is 0.512. The van der Waals surface area contributed by atoms with Crippen LogP contribution in [0.25, 0.3) is 5.65 Å².